The summed E-state index contributed by atoms with van der Waals surface area (Å²) in [5, 5.41) is 15.1. The van der Waals surface area contributed by atoms with Crippen LogP contribution in [-0.4, -0.2) is 39.1 Å². The van der Waals surface area contributed by atoms with Crippen molar-refractivity contribution in [1.29, 1.82) is 5.41 Å². The first-order valence-corrected chi connectivity index (χ1v) is 13.4. The molecule has 4 rings (SSSR count). The SMILES string of the molecule is CCCCCCCCCCc1ccc(Nc2ccc(-c3noc(C4CCN(C(=N)N)C4)n3)cn2)cc1.Cl. The molecule has 0 bridgehead atoms. The van der Waals surface area contributed by atoms with Crippen molar-refractivity contribution >= 4 is 29.9 Å². The fourth-order valence-corrected chi connectivity index (χ4v) is 4.66. The zero-order chi connectivity index (χ0) is 25.2. The Balaban J connectivity index is 0.00000380. The topological polar surface area (TPSA) is 117 Å². The highest BCUT2D eigenvalue weighted by atomic mass is 35.5. The second-order valence-electron chi connectivity index (χ2n) is 9.75. The zero-order valence-electron chi connectivity index (χ0n) is 21.8. The summed E-state index contributed by atoms with van der Waals surface area (Å²) < 4.78 is 5.49. The predicted molar refractivity (Wildman–Crippen MR) is 152 cm³/mol. The van der Waals surface area contributed by atoms with Gasteiger partial charge in [-0.3, -0.25) is 5.41 Å². The Labute approximate surface area is 226 Å². The summed E-state index contributed by atoms with van der Waals surface area (Å²) in [6.45, 7) is 3.64. The molecule has 1 fully saturated rings. The highest BCUT2D eigenvalue weighted by molar-refractivity contribution is 5.85. The third-order valence-electron chi connectivity index (χ3n) is 6.89. The van der Waals surface area contributed by atoms with E-state index in [9.17, 15) is 0 Å². The third kappa shape index (κ3) is 8.45. The Morgan fingerprint density at radius 2 is 1.78 bits per heavy atom. The van der Waals surface area contributed by atoms with Crippen LogP contribution in [0.4, 0.5) is 11.5 Å². The average molecular weight is 526 g/mol. The van der Waals surface area contributed by atoms with Crippen molar-refractivity contribution in [3.05, 3.63) is 54.0 Å². The Morgan fingerprint density at radius 1 is 1.05 bits per heavy atom. The normalized spacial score (nSPS) is 14.9. The van der Waals surface area contributed by atoms with Crippen LogP contribution in [0, 0.1) is 5.41 Å². The summed E-state index contributed by atoms with van der Waals surface area (Å²) in [6, 6.07) is 12.5. The van der Waals surface area contributed by atoms with Crippen LogP contribution in [0.2, 0.25) is 0 Å². The molecule has 0 radical (unpaired) electrons. The molecule has 1 aliphatic rings. The fourth-order valence-electron chi connectivity index (χ4n) is 4.66. The van der Waals surface area contributed by atoms with E-state index in [-0.39, 0.29) is 24.3 Å². The summed E-state index contributed by atoms with van der Waals surface area (Å²) in [5.41, 5.74) is 8.79. The number of pyridine rings is 1. The molecule has 4 N–H and O–H groups in total. The Hall–Kier alpha value is -3.13. The quantitative estimate of drug-likeness (QED) is 0.130. The Bertz CT molecular complexity index is 1080. The molecule has 0 spiro atoms. The third-order valence-corrected chi connectivity index (χ3v) is 6.89. The molecule has 3 heterocycles. The van der Waals surface area contributed by atoms with Crippen LogP contribution in [0.5, 0.6) is 0 Å². The van der Waals surface area contributed by atoms with E-state index in [4.69, 9.17) is 15.7 Å². The van der Waals surface area contributed by atoms with E-state index in [0.717, 1.165) is 36.5 Å². The van der Waals surface area contributed by atoms with Gasteiger partial charge in [0.25, 0.3) is 0 Å². The lowest BCUT2D eigenvalue weighted by atomic mass is 10.0. The number of guanidine groups is 1. The maximum Gasteiger partial charge on any atom is 0.231 e. The lowest BCUT2D eigenvalue weighted by Crippen LogP contribution is -2.34. The molecule has 8 nitrogen and oxygen atoms in total. The standard InChI is InChI=1S/C28H39N7O.ClH/c1-2-3-4-5-6-7-8-9-10-21-11-14-24(15-12-21)32-25-16-13-22(19-31-25)26-33-27(36-34-26)23-17-18-35(20-23)28(29)30;/h11-16,19,23H,2-10,17-18,20H2,1H3,(H3,29,30)(H,31,32);1H. The summed E-state index contributed by atoms with van der Waals surface area (Å²) in [6.07, 6.45) is 14.5. The van der Waals surface area contributed by atoms with Gasteiger partial charge in [0, 0.05) is 30.5 Å². The Kier molecular flexibility index (Phi) is 11.2. The molecular formula is C28H40ClN7O. The van der Waals surface area contributed by atoms with Gasteiger partial charge in [0.1, 0.15) is 5.82 Å². The molecule has 1 aromatic carbocycles. The molecule has 0 aliphatic carbocycles. The minimum atomic E-state index is 0. The second-order valence-corrected chi connectivity index (χ2v) is 9.75. The lowest BCUT2D eigenvalue weighted by Gasteiger charge is -2.14. The van der Waals surface area contributed by atoms with Gasteiger partial charge in [-0.2, -0.15) is 4.98 Å². The van der Waals surface area contributed by atoms with Crippen LogP contribution in [0.1, 0.15) is 82.1 Å². The van der Waals surface area contributed by atoms with E-state index in [1.165, 1.54) is 56.9 Å². The highest BCUT2D eigenvalue weighted by Crippen LogP contribution is 2.28. The van der Waals surface area contributed by atoms with Gasteiger partial charge in [0.2, 0.25) is 11.7 Å². The molecule has 2 aromatic heterocycles. The largest absolute Gasteiger partial charge is 0.370 e. The van der Waals surface area contributed by atoms with Crippen LogP contribution < -0.4 is 11.1 Å². The van der Waals surface area contributed by atoms with E-state index >= 15 is 0 Å². The number of likely N-dealkylation sites (tertiary alicyclic amines) is 1. The molecule has 0 saturated carbocycles. The molecule has 0 amide bonds. The molecule has 1 unspecified atom stereocenters. The molecule has 9 heteroatoms. The van der Waals surface area contributed by atoms with E-state index in [1.807, 2.05) is 17.0 Å². The Morgan fingerprint density at radius 3 is 2.43 bits per heavy atom. The number of benzene rings is 1. The molecule has 3 aromatic rings. The van der Waals surface area contributed by atoms with Crippen molar-refractivity contribution in [1.82, 2.24) is 20.0 Å². The number of aryl methyl sites for hydroxylation is 1. The van der Waals surface area contributed by atoms with E-state index in [0.29, 0.717) is 18.3 Å². The lowest BCUT2D eigenvalue weighted by molar-refractivity contribution is 0.354. The summed E-state index contributed by atoms with van der Waals surface area (Å²) in [5.74, 6) is 2.06. The molecule has 1 atom stereocenters. The van der Waals surface area contributed by atoms with Gasteiger partial charge < -0.3 is 20.5 Å². The van der Waals surface area contributed by atoms with Gasteiger partial charge in [-0.05, 0) is 49.1 Å². The number of hydrogen-bond acceptors (Lipinski definition) is 6. The van der Waals surface area contributed by atoms with Crippen LogP contribution >= 0.6 is 12.4 Å². The number of nitrogens with two attached hydrogens (primary N) is 1. The first kappa shape index (κ1) is 28.4. The first-order chi connectivity index (χ1) is 17.6. The van der Waals surface area contributed by atoms with Crippen molar-refractivity contribution in [2.24, 2.45) is 5.73 Å². The predicted octanol–water partition coefficient (Wildman–Crippen LogP) is 6.66. The van der Waals surface area contributed by atoms with Crippen molar-refractivity contribution < 1.29 is 4.52 Å². The number of unbranched alkanes of at least 4 members (excludes halogenated alkanes) is 7. The van der Waals surface area contributed by atoms with Gasteiger partial charge in [0.15, 0.2) is 5.96 Å². The van der Waals surface area contributed by atoms with E-state index < -0.39 is 0 Å². The van der Waals surface area contributed by atoms with Gasteiger partial charge in [-0.1, -0.05) is 69.2 Å². The van der Waals surface area contributed by atoms with Crippen LogP contribution in [0.25, 0.3) is 11.4 Å². The fraction of sp³-hybridized carbons (Fsp3) is 0.500. The highest BCUT2D eigenvalue weighted by Gasteiger charge is 2.29. The van der Waals surface area contributed by atoms with E-state index in [1.54, 1.807) is 6.20 Å². The zero-order valence-corrected chi connectivity index (χ0v) is 22.6. The van der Waals surface area contributed by atoms with Crippen molar-refractivity contribution in [3.63, 3.8) is 0 Å². The van der Waals surface area contributed by atoms with Gasteiger partial charge in [-0.15, -0.1) is 12.4 Å². The van der Waals surface area contributed by atoms with Crippen LogP contribution in [0.3, 0.4) is 0 Å². The average Bonchev–Trinajstić information content (AvgIpc) is 3.58. The summed E-state index contributed by atoms with van der Waals surface area (Å²) in [4.78, 5) is 10.9. The molecular weight excluding hydrogens is 486 g/mol. The van der Waals surface area contributed by atoms with Crippen LogP contribution in [0.15, 0.2) is 47.1 Å². The van der Waals surface area contributed by atoms with Crippen molar-refractivity contribution in [3.8, 4) is 11.4 Å². The molecule has 1 saturated heterocycles. The molecule has 37 heavy (non-hydrogen) atoms. The van der Waals surface area contributed by atoms with Gasteiger partial charge in [-0.25, -0.2) is 4.98 Å². The summed E-state index contributed by atoms with van der Waals surface area (Å²) >= 11 is 0. The maximum atomic E-state index is 7.58. The number of nitrogens with zero attached hydrogens (tertiary/aromatic N) is 4. The molecule has 1 aliphatic heterocycles. The number of anilines is 2. The number of halogens is 1. The van der Waals surface area contributed by atoms with E-state index in [2.05, 4.69) is 51.6 Å². The number of hydrogen-bond donors (Lipinski definition) is 3. The first-order valence-electron chi connectivity index (χ1n) is 13.4. The minimum Gasteiger partial charge on any atom is -0.370 e. The van der Waals surface area contributed by atoms with Crippen LogP contribution in [-0.2, 0) is 6.42 Å². The number of nitrogens with one attached hydrogen (secondary N) is 2. The smallest absolute Gasteiger partial charge is 0.231 e. The van der Waals surface area contributed by atoms with Gasteiger partial charge in [0.05, 0.1) is 5.92 Å². The van der Waals surface area contributed by atoms with Crippen molar-refractivity contribution in [2.45, 2.75) is 77.0 Å². The number of aromatic nitrogens is 3. The maximum absolute atomic E-state index is 7.58. The van der Waals surface area contributed by atoms with Crippen molar-refractivity contribution in [2.75, 3.05) is 18.4 Å². The van der Waals surface area contributed by atoms with Gasteiger partial charge >= 0.3 is 0 Å². The molecule has 200 valence electrons. The summed E-state index contributed by atoms with van der Waals surface area (Å²) in [7, 11) is 0. The monoisotopic (exact) mass is 525 g/mol. The minimum absolute atomic E-state index is 0. The number of rotatable bonds is 13. The second kappa shape index (κ2) is 14.6.